The van der Waals surface area contributed by atoms with Crippen LogP contribution in [0.3, 0.4) is 0 Å². The molecule has 2 atom stereocenters. The van der Waals surface area contributed by atoms with Crippen LogP contribution in [0.15, 0.2) is 22.7 Å². The summed E-state index contributed by atoms with van der Waals surface area (Å²) in [6, 6.07) is 6.21. The molecule has 0 saturated carbocycles. The van der Waals surface area contributed by atoms with Gasteiger partial charge in [-0.15, -0.1) is 0 Å². The molecule has 94 valence electrons. The lowest BCUT2D eigenvalue weighted by Crippen LogP contribution is -2.53. The third-order valence-corrected chi connectivity index (χ3v) is 3.95. The molecule has 1 aliphatic heterocycles. The Labute approximate surface area is 110 Å². The minimum Gasteiger partial charge on any atom is -0.309 e. The van der Waals surface area contributed by atoms with Gasteiger partial charge in [0.15, 0.2) is 0 Å². The van der Waals surface area contributed by atoms with Gasteiger partial charge in [-0.25, -0.2) is 4.39 Å². The maximum Gasteiger partial charge on any atom is 0.137 e. The molecule has 1 aliphatic rings. The zero-order chi connectivity index (χ0) is 12.4. The SMILES string of the molecule is CC1CN(Cc2cccc(F)c2Br)CC(C)N1. The monoisotopic (exact) mass is 300 g/mol. The average Bonchev–Trinajstić information content (AvgIpc) is 2.23. The standard InChI is InChI=1S/C13H18BrFN2/c1-9-6-17(7-10(2)16-9)8-11-4-3-5-12(15)13(11)14/h3-5,9-10,16H,6-8H2,1-2H3. The normalized spacial score (nSPS) is 26.1. The number of piperazine rings is 1. The molecule has 2 nitrogen and oxygen atoms in total. The summed E-state index contributed by atoms with van der Waals surface area (Å²) >= 11 is 3.32. The molecular formula is C13H18BrFN2. The van der Waals surface area contributed by atoms with Crippen molar-refractivity contribution in [2.24, 2.45) is 0 Å². The second-order valence-electron chi connectivity index (χ2n) is 4.88. The van der Waals surface area contributed by atoms with Crippen LogP contribution < -0.4 is 5.32 Å². The van der Waals surface area contributed by atoms with Crippen molar-refractivity contribution in [2.75, 3.05) is 13.1 Å². The molecule has 4 heteroatoms. The van der Waals surface area contributed by atoms with Crippen molar-refractivity contribution in [3.05, 3.63) is 34.1 Å². The van der Waals surface area contributed by atoms with E-state index in [4.69, 9.17) is 0 Å². The summed E-state index contributed by atoms with van der Waals surface area (Å²) in [5, 5.41) is 3.49. The minimum absolute atomic E-state index is 0.182. The van der Waals surface area contributed by atoms with Crippen LogP contribution in [0, 0.1) is 5.82 Å². The average molecular weight is 301 g/mol. The third-order valence-electron chi connectivity index (χ3n) is 3.06. The highest BCUT2D eigenvalue weighted by Gasteiger charge is 2.21. The summed E-state index contributed by atoms with van der Waals surface area (Å²) < 4.78 is 14.0. The number of benzene rings is 1. The molecule has 1 aromatic carbocycles. The Balaban J connectivity index is 2.07. The molecule has 0 radical (unpaired) electrons. The maximum atomic E-state index is 13.4. The molecule has 0 amide bonds. The van der Waals surface area contributed by atoms with Crippen molar-refractivity contribution >= 4 is 15.9 Å². The Kier molecular flexibility index (Phi) is 4.17. The smallest absolute Gasteiger partial charge is 0.137 e. The third kappa shape index (κ3) is 3.27. The van der Waals surface area contributed by atoms with Crippen LogP contribution in [0.2, 0.25) is 0 Å². The van der Waals surface area contributed by atoms with E-state index in [0.29, 0.717) is 16.6 Å². The first kappa shape index (κ1) is 13.0. The molecule has 1 saturated heterocycles. The highest BCUT2D eigenvalue weighted by molar-refractivity contribution is 9.10. The van der Waals surface area contributed by atoms with Gasteiger partial charge in [-0.05, 0) is 41.4 Å². The van der Waals surface area contributed by atoms with Crippen LogP contribution in [0.25, 0.3) is 0 Å². The van der Waals surface area contributed by atoms with Crippen molar-refractivity contribution in [3.8, 4) is 0 Å². The van der Waals surface area contributed by atoms with Crippen molar-refractivity contribution in [2.45, 2.75) is 32.5 Å². The van der Waals surface area contributed by atoms with Gasteiger partial charge in [0.2, 0.25) is 0 Å². The molecule has 0 bridgehead atoms. The van der Waals surface area contributed by atoms with Crippen molar-refractivity contribution in [1.82, 2.24) is 10.2 Å². The summed E-state index contributed by atoms with van der Waals surface area (Å²) in [6.07, 6.45) is 0. The molecule has 0 aromatic heterocycles. The number of hydrogen-bond acceptors (Lipinski definition) is 2. The molecule has 0 aliphatic carbocycles. The summed E-state index contributed by atoms with van der Waals surface area (Å²) in [6.45, 7) is 7.18. The molecule has 1 fully saturated rings. The second-order valence-corrected chi connectivity index (χ2v) is 5.67. The predicted molar refractivity (Wildman–Crippen MR) is 71.4 cm³/mol. The van der Waals surface area contributed by atoms with Crippen molar-refractivity contribution in [1.29, 1.82) is 0 Å². The molecule has 1 N–H and O–H groups in total. The Hall–Kier alpha value is -0.450. The van der Waals surface area contributed by atoms with Gasteiger partial charge in [-0.2, -0.15) is 0 Å². The highest BCUT2D eigenvalue weighted by atomic mass is 79.9. The fraction of sp³-hybridized carbons (Fsp3) is 0.538. The number of halogens is 2. The molecule has 17 heavy (non-hydrogen) atoms. The van der Waals surface area contributed by atoms with Gasteiger partial charge < -0.3 is 5.32 Å². The van der Waals surface area contributed by atoms with Gasteiger partial charge in [0.05, 0.1) is 4.47 Å². The van der Waals surface area contributed by atoms with E-state index < -0.39 is 0 Å². The summed E-state index contributed by atoms with van der Waals surface area (Å²) in [5.74, 6) is -0.182. The number of rotatable bonds is 2. The zero-order valence-corrected chi connectivity index (χ0v) is 11.8. The Morgan fingerprint density at radius 3 is 2.65 bits per heavy atom. The number of nitrogens with zero attached hydrogens (tertiary/aromatic N) is 1. The van der Waals surface area contributed by atoms with E-state index in [1.165, 1.54) is 6.07 Å². The van der Waals surface area contributed by atoms with E-state index in [0.717, 1.165) is 25.2 Å². The van der Waals surface area contributed by atoms with E-state index in [-0.39, 0.29) is 5.82 Å². The summed E-state index contributed by atoms with van der Waals surface area (Å²) in [5.41, 5.74) is 1.02. The van der Waals surface area contributed by atoms with Crippen LogP contribution >= 0.6 is 15.9 Å². The van der Waals surface area contributed by atoms with Crippen LogP contribution in [-0.2, 0) is 6.54 Å². The van der Waals surface area contributed by atoms with Crippen LogP contribution in [0.1, 0.15) is 19.4 Å². The lowest BCUT2D eigenvalue weighted by Gasteiger charge is -2.36. The first-order chi connectivity index (χ1) is 8.06. The van der Waals surface area contributed by atoms with Gasteiger partial charge in [0, 0.05) is 31.7 Å². The molecule has 2 rings (SSSR count). The largest absolute Gasteiger partial charge is 0.309 e. The zero-order valence-electron chi connectivity index (χ0n) is 10.2. The van der Waals surface area contributed by atoms with E-state index >= 15 is 0 Å². The molecule has 0 spiro atoms. The highest BCUT2D eigenvalue weighted by Crippen LogP contribution is 2.22. The van der Waals surface area contributed by atoms with E-state index in [1.807, 2.05) is 6.07 Å². The fourth-order valence-corrected chi connectivity index (χ4v) is 2.87. The van der Waals surface area contributed by atoms with Gasteiger partial charge in [-0.1, -0.05) is 12.1 Å². The maximum absolute atomic E-state index is 13.4. The van der Waals surface area contributed by atoms with Crippen LogP contribution in [-0.4, -0.2) is 30.1 Å². The Morgan fingerprint density at radius 2 is 2.00 bits per heavy atom. The quantitative estimate of drug-likeness (QED) is 0.903. The van der Waals surface area contributed by atoms with Gasteiger partial charge >= 0.3 is 0 Å². The Bertz CT molecular complexity index is 387. The van der Waals surface area contributed by atoms with E-state index in [1.54, 1.807) is 6.07 Å². The predicted octanol–water partition coefficient (Wildman–Crippen LogP) is 2.77. The number of hydrogen-bond donors (Lipinski definition) is 1. The van der Waals surface area contributed by atoms with Crippen molar-refractivity contribution in [3.63, 3.8) is 0 Å². The molecule has 1 aromatic rings. The minimum atomic E-state index is -0.182. The fourth-order valence-electron chi connectivity index (χ4n) is 2.48. The number of nitrogens with one attached hydrogen (secondary N) is 1. The molecule has 1 heterocycles. The van der Waals surface area contributed by atoms with Gasteiger partial charge in [0.1, 0.15) is 5.82 Å². The first-order valence-electron chi connectivity index (χ1n) is 5.97. The van der Waals surface area contributed by atoms with Gasteiger partial charge in [0.25, 0.3) is 0 Å². The summed E-state index contributed by atoms with van der Waals surface area (Å²) in [7, 11) is 0. The second kappa shape index (κ2) is 5.46. The van der Waals surface area contributed by atoms with Crippen LogP contribution in [0.4, 0.5) is 4.39 Å². The molecular weight excluding hydrogens is 283 g/mol. The molecule has 2 unspecified atom stereocenters. The van der Waals surface area contributed by atoms with E-state index in [9.17, 15) is 4.39 Å². The Morgan fingerprint density at radius 1 is 1.35 bits per heavy atom. The lowest BCUT2D eigenvalue weighted by atomic mass is 10.1. The van der Waals surface area contributed by atoms with Gasteiger partial charge in [-0.3, -0.25) is 4.90 Å². The van der Waals surface area contributed by atoms with Crippen LogP contribution in [0.5, 0.6) is 0 Å². The first-order valence-corrected chi connectivity index (χ1v) is 6.77. The summed E-state index contributed by atoms with van der Waals surface area (Å²) in [4.78, 5) is 2.37. The topological polar surface area (TPSA) is 15.3 Å². The van der Waals surface area contributed by atoms with Crippen molar-refractivity contribution < 1.29 is 4.39 Å². The lowest BCUT2D eigenvalue weighted by molar-refractivity contribution is 0.166. The van der Waals surface area contributed by atoms with E-state index in [2.05, 4.69) is 40.0 Å².